The lowest BCUT2D eigenvalue weighted by molar-refractivity contribution is -0.198. The summed E-state index contributed by atoms with van der Waals surface area (Å²) in [6.07, 6.45) is -0.169. The summed E-state index contributed by atoms with van der Waals surface area (Å²) in [5, 5.41) is 27.1. The number of carboxylic acids is 1. The molecule has 1 saturated carbocycles. The molecule has 3 N–H and O–H groups in total. The highest BCUT2D eigenvalue weighted by Crippen LogP contribution is 2.35. The highest BCUT2D eigenvalue weighted by Gasteiger charge is 2.46. The maximum absolute atomic E-state index is 10.9. The van der Waals surface area contributed by atoms with Gasteiger partial charge in [-0.25, -0.2) is 0 Å². The summed E-state index contributed by atoms with van der Waals surface area (Å²) in [5.41, 5.74) is 0. The number of aliphatic carboxylic acids is 1. The molecule has 1 rings (SSSR count). The van der Waals surface area contributed by atoms with Gasteiger partial charge in [0.15, 0.2) is 5.79 Å². The topological polar surface area (TPSA) is 94.8 Å². The first-order valence-corrected chi connectivity index (χ1v) is 4.01. The van der Waals surface area contributed by atoms with Gasteiger partial charge in [-0.05, 0) is 6.92 Å². The van der Waals surface area contributed by atoms with Gasteiger partial charge in [0.1, 0.15) is 5.78 Å². The number of carboxylic acid groups (broad SMARTS) is 1. The van der Waals surface area contributed by atoms with Crippen molar-refractivity contribution in [3.63, 3.8) is 0 Å². The van der Waals surface area contributed by atoms with Crippen LogP contribution in [0.2, 0.25) is 0 Å². The van der Waals surface area contributed by atoms with Gasteiger partial charge in [0, 0.05) is 18.8 Å². The summed E-state index contributed by atoms with van der Waals surface area (Å²) in [5.74, 6) is -5.32. The van der Waals surface area contributed by atoms with Crippen molar-refractivity contribution in [3.8, 4) is 0 Å². The van der Waals surface area contributed by atoms with Gasteiger partial charge < -0.3 is 15.3 Å². The van der Waals surface area contributed by atoms with E-state index in [-0.39, 0.29) is 18.6 Å². The molecule has 13 heavy (non-hydrogen) atoms. The van der Waals surface area contributed by atoms with Crippen molar-refractivity contribution in [3.05, 3.63) is 0 Å². The van der Waals surface area contributed by atoms with Crippen LogP contribution < -0.4 is 0 Å². The Kier molecular flexibility index (Phi) is 2.40. The molecule has 2 unspecified atom stereocenters. The van der Waals surface area contributed by atoms with Gasteiger partial charge >= 0.3 is 5.97 Å². The Morgan fingerprint density at radius 2 is 2.00 bits per heavy atom. The predicted molar refractivity (Wildman–Crippen MR) is 41.7 cm³/mol. The summed E-state index contributed by atoms with van der Waals surface area (Å²) in [7, 11) is 0. The largest absolute Gasteiger partial charge is 0.481 e. The molecule has 0 spiro atoms. The summed E-state index contributed by atoms with van der Waals surface area (Å²) in [6.45, 7) is 1.10. The molecule has 74 valence electrons. The van der Waals surface area contributed by atoms with Crippen molar-refractivity contribution in [2.75, 3.05) is 0 Å². The van der Waals surface area contributed by atoms with Crippen molar-refractivity contribution in [2.24, 2.45) is 11.8 Å². The van der Waals surface area contributed by atoms with Crippen LogP contribution in [-0.2, 0) is 9.59 Å². The number of aliphatic hydroxyl groups is 2. The minimum absolute atomic E-state index is 0.0690. The minimum Gasteiger partial charge on any atom is -0.481 e. The molecular formula is C8H12O5. The predicted octanol–water partition coefficient (Wildman–Crippen LogP) is -0.633. The van der Waals surface area contributed by atoms with Gasteiger partial charge in [0.25, 0.3) is 0 Å². The second kappa shape index (κ2) is 3.08. The lowest BCUT2D eigenvalue weighted by atomic mass is 9.89. The van der Waals surface area contributed by atoms with E-state index < -0.39 is 23.6 Å². The van der Waals surface area contributed by atoms with Gasteiger partial charge in [-0.2, -0.15) is 0 Å². The van der Waals surface area contributed by atoms with E-state index in [2.05, 4.69) is 0 Å². The van der Waals surface area contributed by atoms with Crippen molar-refractivity contribution < 1.29 is 24.9 Å². The summed E-state index contributed by atoms with van der Waals surface area (Å²) in [4.78, 5) is 21.6. The van der Waals surface area contributed by atoms with E-state index in [9.17, 15) is 19.8 Å². The Bertz CT molecular complexity index is 239. The zero-order valence-electron chi connectivity index (χ0n) is 7.23. The second-order valence-corrected chi connectivity index (χ2v) is 3.59. The van der Waals surface area contributed by atoms with Gasteiger partial charge in [-0.15, -0.1) is 0 Å². The van der Waals surface area contributed by atoms with Gasteiger partial charge in [-0.3, -0.25) is 9.59 Å². The number of Topliss-reactive ketones (excluding diaryl/α,β-unsaturated/α-hetero) is 1. The lowest BCUT2D eigenvalue weighted by Gasteiger charge is -2.26. The standard InChI is InChI=1S/C8H12O5/c1-8(12,13)6-3-4(9)2-5(6)7(10)11/h5-6,12-13H,2-3H2,1H3,(H,10,11). The molecule has 0 aliphatic heterocycles. The molecule has 0 heterocycles. The van der Waals surface area contributed by atoms with Crippen molar-refractivity contribution in [1.82, 2.24) is 0 Å². The molecule has 0 saturated heterocycles. The first-order valence-electron chi connectivity index (χ1n) is 4.01. The highest BCUT2D eigenvalue weighted by molar-refractivity contribution is 5.88. The molecule has 0 aromatic heterocycles. The summed E-state index contributed by atoms with van der Waals surface area (Å²) in [6, 6.07) is 0. The first kappa shape index (κ1) is 10.1. The number of hydrogen-bond donors (Lipinski definition) is 3. The van der Waals surface area contributed by atoms with Crippen LogP contribution in [0.1, 0.15) is 19.8 Å². The number of hydrogen-bond acceptors (Lipinski definition) is 4. The average molecular weight is 188 g/mol. The fraction of sp³-hybridized carbons (Fsp3) is 0.750. The van der Waals surface area contributed by atoms with Crippen LogP contribution in [0, 0.1) is 11.8 Å². The zero-order chi connectivity index (χ0) is 10.2. The second-order valence-electron chi connectivity index (χ2n) is 3.59. The van der Waals surface area contributed by atoms with Crippen LogP contribution in [0.25, 0.3) is 0 Å². The van der Waals surface area contributed by atoms with Gasteiger partial charge in [-0.1, -0.05) is 0 Å². The van der Waals surface area contributed by atoms with Crippen LogP contribution in [0.3, 0.4) is 0 Å². The van der Waals surface area contributed by atoms with E-state index in [0.717, 1.165) is 6.92 Å². The third-order valence-corrected chi connectivity index (χ3v) is 2.40. The van der Waals surface area contributed by atoms with Crippen LogP contribution in [0.5, 0.6) is 0 Å². The molecule has 0 aromatic rings. The first-order chi connectivity index (χ1) is 5.82. The zero-order valence-corrected chi connectivity index (χ0v) is 7.23. The summed E-state index contributed by atoms with van der Waals surface area (Å²) < 4.78 is 0. The smallest absolute Gasteiger partial charge is 0.307 e. The molecular weight excluding hydrogens is 176 g/mol. The molecule has 0 aromatic carbocycles. The van der Waals surface area contributed by atoms with Crippen LogP contribution in [0.15, 0.2) is 0 Å². The van der Waals surface area contributed by atoms with E-state index >= 15 is 0 Å². The molecule has 2 atom stereocenters. The third kappa shape index (κ3) is 2.05. The van der Waals surface area contributed by atoms with Gasteiger partial charge in [0.05, 0.1) is 5.92 Å². The van der Waals surface area contributed by atoms with Gasteiger partial charge in [0.2, 0.25) is 0 Å². The quantitative estimate of drug-likeness (QED) is 0.501. The molecule has 1 aliphatic carbocycles. The number of carbonyl (C=O) groups is 2. The molecule has 0 bridgehead atoms. The SMILES string of the molecule is CC(O)(O)C1CC(=O)CC1C(=O)O. The maximum atomic E-state index is 10.9. The Hall–Kier alpha value is -0.940. The van der Waals surface area contributed by atoms with E-state index in [4.69, 9.17) is 5.11 Å². The van der Waals surface area contributed by atoms with Crippen LogP contribution in [0.4, 0.5) is 0 Å². The Morgan fingerprint density at radius 1 is 1.46 bits per heavy atom. The van der Waals surface area contributed by atoms with Crippen LogP contribution >= 0.6 is 0 Å². The maximum Gasteiger partial charge on any atom is 0.307 e. The number of rotatable bonds is 2. The molecule has 0 radical (unpaired) electrons. The molecule has 5 nitrogen and oxygen atoms in total. The van der Waals surface area contributed by atoms with Crippen molar-refractivity contribution in [2.45, 2.75) is 25.6 Å². The summed E-state index contributed by atoms with van der Waals surface area (Å²) >= 11 is 0. The Morgan fingerprint density at radius 3 is 2.31 bits per heavy atom. The van der Waals surface area contributed by atoms with E-state index in [1.54, 1.807) is 0 Å². The normalized spacial score (nSPS) is 29.3. The molecule has 5 heteroatoms. The molecule has 1 fully saturated rings. The van der Waals surface area contributed by atoms with E-state index in [1.807, 2.05) is 0 Å². The lowest BCUT2D eigenvalue weighted by Crippen LogP contribution is -2.38. The van der Waals surface area contributed by atoms with Crippen LogP contribution in [-0.4, -0.2) is 32.9 Å². The number of carbonyl (C=O) groups excluding carboxylic acids is 1. The average Bonchev–Trinajstić information content (AvgIpc) is 2.29. The third-order valence-electron chi connectivity index (χ3n) is 2.40. The minimum atomic E-state index is -2.09. The van der Waals surface area contributed by atoms with Crippen molar-refractivity contribution in [1.29, 1.82) is 0 Å². The number of ketones is 1. The highest BCUT2D eigenvalue weighted by atomic mass is 16.5. The van der Waals surface area contributed by atoms with E-state index in [1.165, 1.54) is 0 Å². The Labute approximate surface area is 75.0 Å². The molecule has 1 aliphatic rings. The monoisotopic (exact) mass is 188 g/mol. The fourth-order valence-corrected chi connectivity index (χ4v) is 1.69. The molecule has 0 amide bonds. The fourth-order valence-electron chi connectivity index (χ4n) is 1.69. The van der Waals surface area contributed by atoms with E-state index in [0.29, 0.717) is 0 Å². The van der Waals surface area contributed by atoms with Crippen molar-refractivity contribution >= 4 is 11.8 Å². The Balaban J connectivity index is 2.84.